The first kappa shape index (κ1) is 18.3. The van der Waals surface area contributed by atoms with Crippen molar-refractivity contribution in [1.82, 2.24) is 4.31 Å². The molecule has 2 rings (SSSR count). The number of rotatable bonds is 5. The third-order valence-corrected chi connectivity index (χ3v) is 6.15. The van der Waals surface area contributed by atoms with E-state index in [-0.39, 0.29) is 10.7 Å². The van der Waals surface area contributed by atoms with Gasteiger partial charge in [0.25, 0.3) is 0 Å². The van der Waals surface area contributed by atoms with Crippen LogP contribution in [0.4, 0.5) is 4.39 Å². The summed E-state index contributed by atoms with van der Waals surface area (Å²) in [6, 6.07) is 8.95. The first-order valence-corrected chi connectivity index (χ1v) is 8.93. The topological polar surface area (TPSA) is 54.5 Å². The van der Waals surface area contributed by atoms with Crippen LogP contribution in [0, 0.1) is 19.7 Å². The molecule has 2 aromatic rings. The van der Waals surface area contributed by atoms with Crippen LogP contribution in [0.25, 0.3) is 0 Å². The van der Waals surface area contributed by atoms with Gasteiger partial charge in [0.05, 0.1) is 10.9 Å². The second-order valence-electron chi connectivity index (χ2n) is 5.81. The molecular formula is C18H20FNO3S. The number of halogens is 1. The van der Waals surface area contributed by atoms with Crippen molar-refractivity contribution in [3.8, 4) is 0 Å². The van der Waals surface area contributed by atoms with E-state index < -0.39 is 21.9 Å². The fraction of sp³-hybridized carbons (Fsp3) is 0.278. The van der Waals surface area contributed by atoms with Gasteiger partial charge in [0, 0.05) is 12.6 Å². The van der Waals surface area contributed by atoms with E-state index >= 15 is 0 Å². The standard InChI is InChI=1S/C18H20FNO3S/c1-12-5-6-15(11-13(12)2)18(21)14(3)20(4)24(22,23)17-9-7-16(19)8-10-17/h5-11,14H,1-4H3. The maximum atomic E-state index is 13.0. The Bertz CT molecular complexity index is 860. The molecule has 0 spiro atoms. The molecule has 0 aromatic heterocycles. The van der Waals surface area contributed by atoms with Crippen LogP contribution in [0.1, 0.15) is 28.4 Å². The van der Waals surface area contributed by atoms with Gasteiger partial charge in [-0.25, -0.2) is 12.8 Å². The zero-order valence-electron chi connectivity index (χ0n) is 14.1. The summed E-state index contributed by atoms with van der Waals surface area (Å²) < 4.78 is 39.2. The minimum absolute atomic E-state index is 0.0499. The highest BCUT2D eigenvalue weighted by Gasteiger charge is 2.30. The summed E-state index contributed by atoms with van der Waals surface area (Å²) in [6.07, 6.45) is 0. The lowest BCUT2D eigenvalue weighted by Crippen LogP contribution is -2.40. The fourth-order valence-electron chi connectivity index (χ4n) is 2.28. The predicted octanol–water partition coefficient (Wildman–Crippen LogP) is 3.33. The number of carbonyl (C=O) groups is 1. The van der Waals surface area contributed by atoms with Gasteiger partial charge in [0.2, 0.25) is 10.0 Å². The van der Waals surface area contributed by atoms with Gasteiger partial charge in [0.15, 0.2) is 5.78 Å². The average Bonchev–Trinajstić information content (AvgIpc) is 2.55. The molecule has 0 heterocycles. The van der Waals surface area contributed by atoms with Crippen LogP contribution >= 0.6 is 0 Å². The number of likely N-dealkylation sites (N-methyl/N-ethyl adjacent to an activating group) is 1. The minimum Gasteiger partial charge on any atom is -0.292 e. The number of aryl methyl sites for hydroxylation is 2. The highest BCUT2D eigenvalue weighted by Crippen LogP contribution is 2.20. The van der Waals surface area contributed by atoms with Crippen LogP contribution in [0.5, 0.6) is 0 Å². The Hall–Kier alpha value is -2.05. The maximum absolute atomic E-state index is 13.0. The van der Waals surface area contributed by atoms with Crippen molar-refractivity contribution in [1.29, 1.82) is 0 Å². The third-order valence-electron chi connectivity index (χ3n) is 4.21. The van der Waals surface area contributed by atoms with E-state index in [2.05, 4.69) is 0 Å². The molecule has 0 aliphatic rings. The molecule has 1 atom stereocenters. The third kappa shape index (κ3) is 3.55. The van der Waals surface area contributed by atoms with Gasteiger partial charge in [-0.1, -0.05) is 12.1 Å². The van der Waals surface area contributed by atoms with Crippen molar-refractivity contribution in [3.63, 3.8) is 0 Å². The van der Waals surface area contributed by atoms with Crippen molar-refractivity contribution >= 4 is 15.8 Å². The highest BCUT2D eigenvalue weighted by molar-refractivity contribution is 7.89. The number of carbonyl (C=O) groups excluding carboxylic acids is 1. The van der Waals surface area contributed by atoms with Gasteiger partial charge in [-0.2, -0.15) is 4.31 Å². The lowest BCUT2D eigenvalue weighted by atomic mass is 10.0. The van der Waals surface area contributed by atoms with Gasteiger partial charge in [-0.15, -0.1) is 0 Å². The van der Waals surface area contributed by atoms with E-state index in [0.29, 0.717) is 5.56 Å². The lowest BCUT2D eigenvalue weighted by Gasteiger charge is -2.23. The number of ketones is 1. The van der Waals surface area contributed by atoms with Crippen LogP contribution < -0.4 is 0 Å². The van der Waals surface area contributed by atoms with Gasteiger partial charge < -0.3 is 0 Å². The summed E-state index contributed by atoms with van der Waals surface area (Å²) in [6.45, 7) is 5.38. The number of nitrogens with zero attached hydrogens (tertiary/aromatic N) is 1. The van der Waals surface area contributed by atoms with Crippen molar-refractivity contribution in [2.24, 2.45) is 0 Å². The van der Waals surface area contributed by atoms with E-state index in [1.807, 2.05) is 19.9 Å². The summed E-state index contributed by atoms with van der Waals surface area (Å²) in [5.41, 5.74) is 2.50. The second-order valence-corrected chi connectivity index (χ2v) is 7.81. The number of Topliss-reactive ketones (excluding diaryl/α,β-unsaturated/α-hetero) is 1. The summed E-state index contributed by atoms with van der Waals surface area (Å²) in [7, 11) is -2.53. The Morgan fingerprint density at radius 1 is 1.04 bits per heavy atom. The molecule has 0 amide bonds. The first-order chi connectivity index (χ1) is 11.1. The number of hydrogen-bond acceptors (Lipinski definition) is 3. The Morgan fingerprint density at radius 2 is 1.62 bits per heavy atom. The molecule has 0 radical (unpaired) electrons. The van der Waals surface area contributed by atoms with Gasteiger partial charge in [-0.3, -0.25) is 4.79 Å². The van der Waals surface area contributed by atoms with Gasteiger partial charge in [0.1, 0.15) is 5.82 Å². The summed E-state index contributed by atoms with van der Waals surface area (Å²) in [4.78, 5) is 12.6. The van der Waals surface area contributed by atoms with E-state index in [9.17, 15) is 17.6 Å². The van der Waals surface area contributed by atoms with Crippen molar-refractivity contribution in [2.75, 3.05) is 7.05 Å². The molecule has 0 saturated heterocycles. The maximum Gasteiger partial charge on any atom is 0.243 e. The number of sulfonamides is 1. The molecule has 0 N–H and O–H groups in total. The summed E-state index contributed by atoms with van der Waals surface area (Å²) >= 11 is 0. The van der Waals surface area contributed by atoms with Crippen molar-refractivity contribution < 1.29 is 17.6 Å². The molecule has 4 nitrogen and oxygen atoms in total. The van der Waals surface area contributed by atoms with Crippen LogP contribution in [0.2, 0.25) is 0 Å². The predicted molar refractivity (Wildman–Crippen MR) is 91.1 cm³/mol. The molecule has 0 saturated carbocycles. The highest BCUT2D eigenvalue weighted by atomic mass is 32.2. The molecule has 1 unspecified atom stereocenters. The Labute approximate surface area is 142 Å². The molecule has 0 bridgehead atoms. The van der Waals surface area contributed by atoms with Crippen LogP contribution in [-0.2, 0) is 10.0 Å². The average molecular weight is 349 g/mol. The first-order valence-electron chi connectivity index (χ1n) is 7.49. The molecule has 2 aromatic carbocycles. The zero-order chi connectivity index (χ0) is 18.1. The molecule has 24 heavy (non-hydrogen) atoms. The van der Waals surface area contributed by atoms with E-state index in [1.54, 1.807) is 19.1 Å². The minimum atomic E-state index is -3.88. The number of benzene rings is 2. The molecule has 6 heteroatoms. The SMILES string of the molecule is Cc1ccc(C(=O)C(C)N(C)S(=O)(=O)c2ccc(F)cc2)cc1C. The Kier molecular flexibility index (Phi) is 5.20. The van der Waals surface area contributed by atoms with Crippen molar-refractivity contribution in [3.05, 3.63) is 65.0 Å². The largest absolute Gasteiger partial charge is 0.292 e. The van der Waals surface area contributed by atoms with Gasteiger partial charge >= 0.3 is 0 Å². The van der Waals surface area contributed by atoms with Crippen LogP contribution in [-0.4, -0.2) is 31.6 Å². The van der Waals surface area contributed by atoms with E-state index in [0.717, 1.165) is 27.6 Å². The molecule has 0 aliphatic carbocycles. The normalized spacial score (nSPS) is 13.1. The monoisotopic (exact) mass is 349 g/mol. The molecular weight excluding hydrogens is 329 g/mol. The Morgan fingerprint density at radius 3 is 2.17 bits per heavy atom. The fourth-order valence-corrected chi connectivity index (χ4v) is 3.61. The van der Waals surface area contributed by atoms with E-state index in [1.165, 1.54) is 19.2 Å². The summed E-state index contributed by atoms with van der Waals surface area (Å²) in [5, 5.41) is 0. The quantitative estimate of drug-likeness (QED) is 0.778. The van der Waals surface area contributed by atoms with Gasteiger partial charge in [-0.05, 0) is 62.2 Å². The smallest absolute Gasteiger partial charge is 0.243 e. The second kappa shape index (κ2) is 6.83. The molecule has 0 fully saturated rings. The van der Waals surface area contributed by atoms with Crippen LogP contribution in [0.15, 0.2) is 47.4 Å². The zero-order valence-corrected chi connectivity index (χ0v) is 14.9. The molecule has 0 aliphatic heterocycles. The van der Waals surface area contributed by atoms with Crippen LogP contribution in [0.3, 0.4) is 0 Å². The van der Waals surface area contributed by atoms with E-state index in [4.69, 9.17) is 0 Å². The lowest BCUT2D eigenvalue weighted by molar-refractivity contribution is 0.0919. The number of hydrogen-bond donors (Lipinski definition) is 0. The Balaban J connectivity index is 2.30. The van der Waals surface area contributed by atoms with Crippen molar-refractivity contribution in [2.45, 2.75) is 31.7 Å². The molecule has 128 valence electrons. The summed E-state index contributed by atoms with van der Waals surface area (Å²) in [5.74, 6) is -0.804.